The van der Waals surface area contributed by atoms with Crippen molar-refractivity contribution in [3.63, 3.8) is 0 Å². The summed E-state index contributed by atoms with van der Waals surface area (Å²) in [6.45, 7) is 0.0787. The van der Waals surface area contributed by atoms with Crippen molar-refractivity contribution in [1.29, 1.82) is 0 Å². The topological polar surface area (TPSA) is 130 Å². The number of rotatable bonds is 8. The Bertz CT molecular complexity index is 973. The molecule has 2 heterocycles. The van der Waals surface area contributed by atoms with Gasteiger partial charge >= 0.3 is 5.97 Å². The van der Waals surface area contributed by atoms with Gasteiger partial charge in [-0.05, 0) is 24.6 Å². The third kappa shape index (κ3) is 4.47. The summed E-state index contributed by atoms with van der Waals surface area (Å²) in [6, 6.07) is 7.32. The van der Waals surface area contributed by atoms with Crippen LogP contribution in [-0.2, 0) is 11.2 Å². The summed E-state index contributed by atoms with van der Waals surface area (Å²) in [6.07, 6.45) is 4.13. The zero-order valence-electron chi connectivity index (χ0n) is 14.9. The maximum absolute atomic E-state index is 12.2. The molecular formula is C18H16N4O6. The van der Waals surface area contributed by atoms with E-state index in [0.717, 1.165) is 11.6 Å². The van der Waals surface area contributed by atoms with Crippen LogP contribution in [-0.4, -0.2) is 39.7 Å². The molecule has 2 aromatic heterocycles. The Labute approximate surface area is 159 Å². The minimum absolute atomic E-state index is 0.00615. The second kappa shape index (κ2) is 8.71. The molecule has 0 spiro atoms. The Balaban J connectivity index is 1.54. The van der Waals surface area contributed by atoms with Gasteiger partial charge in [-0.2, -0.15) is 4.98 Å². The molecule has 0 fully saturated rings. The first kappa shape index (κ1) is 19.0. The fourth-order valence-electron chi connectivity index (χ4n) is 2.40. The minimum atomic E-state index is -0.706. The number of nitro benzene ring substituents is 1. The molecule has 28 heavy (non-hydrogen) atoms. The zero-order valence-corrected chi connectivity index (χ0v) is 14.9. The van der Waals surface area contributed by atoms with E-state index in [1.807, 2.05) is 6.07 Å². The maximum Gasteiger partial charge on any atom is 0.342 e. The highest BCUT2D eigenvalue weighted by molar-refractivity contribution is 5.93. The molecule has 3 aromatic rings. The van der Waals surface area contributed by atoms with Crippen molar-refractivity contribution < 1.29 is 23.7 Å². The molecule has 0 bridgehead atoms. The molecular weight excluding hydrogens is 368 g/mol. The van der Waals surface area contributed by atoms with E-state index in [1.165, 1.54) is 19.2 Å². The highest BCUT2D eigenvalue weighted by Gasteiger charge is 2.19. The summed E-state index contributed by atoms with van der Waals surface area (Å²) in [4.78, 5) is 30.8. The SMILES string of the molecule is COc1ccc([N+](=O)[O-])cc1C(=O)OCCCc1nc(-c2cccnc2)no1. The Hall–Kier alpha value is -3.82. The summed E-state index contributed by atoms with van der Waals surface area (Å²) in [5.74, 6) is 0.333. The molecule has 0 aliphatic carbocycles. The van der Waals surface area contributed by atoms with E-state index in [1.54, 1.807) is 18.5 Å². The van der Waals surface area contributed by atoms with Crippen LogP contribution in [0.15, 0.2) is 47.2 Å². The van der Waals surface area contributed by atoms with Crippen LogP contribution < -0.4 is 4.74 Å². The lowest BCUT2D eigenvalue weighted by atomic mass is 10.2. The Morgan fingerprint density at radius 2 is 2.18 bits per heavy atom. The highest BCUT2D eigenvalue weighted by Crippen LogP contribution is 2.24. The van der Waals surface area contributed by atoms with Gasteiger partial charge in [-0.25, -0.2) is 4.79 Å². The van der Waals surface area contributed by atoms with Crippen molar-refractivity contribution in [3.05, 3.63) is 64.3 Å². The van der Waals surface area contributed by atoms with E-state index < -0.39 is 10.9 Å². The summed E-state index contributed by atoms with van der Waals surface area (Å²) < 4.78 is 15.4. The van der Waals surface area contributed by atoms with E-state index in [2.05, 4.69) is 15.1 Å². The van der Waals surface area contributed by atoms with E-state index in [4.69, 9.17) is 14.0 Å². The molecule has 1 aromatic carbocycles. The first-order valence-corrected chi connectivity index (χ1v) is 8.31. The van der Waals surface area contributed by atoms with Crippen LogP contribution in [0.25, 0.3) is 11.4 Å². The van der Waals surface area contributed by atoms with Crippen molar-refractivity contribution in [1.82, 2.24) is 15.1 Å². The highest BCUT2D eigenvalue weighted by atomic mass is 16.6. The fraction of sp³-hybridized carbons (Fsp3) is 0.222. The van der Waals surface area contributed by atoms with Crippen LogP contribution in [0.4, 0.5) is 5.69 Å². The van der Waals surface area contributed by atoms with E-state index >= 15 is 0 Å². The van der Waals surface area contributed by atoms with Crippen LogP contribution in [0.2, 0.25) is 0 Å². The predicted molar refractivity (Wildman–Crippen MR) is 95.8 cm³/mol. The number of pyridine rings is 1. The van der Waals surface area contributed by atoms with Gasteiger partial charge in [0.1, 0.15) is 11.3 Å². The molecule has 0 aliphatic heterocycles. The zero-order chi connectivity index (χ0) is 19.9. The Kier molecular flexibility index (Phi) is 5.90. The van der Waals surface area contributed by atoms with Crippen molar-refractivity contribution in [2.45, 2.75) is 12.8 Å². The van der Waals surface area contributed by atoms with Gasteiger partial charge in [0.2, 0.25) is 11.7 Å². The number of hydrogen-bond donors (Lipinski definition) is 0. The van der Waals surface area contributed by atoms with Crippen LogP contribution in [0, 0.1) is 10.1 Å². The van der Waals surface area contributed by atoms with Crippen LogP contribution in [0.1, 0.15) is 22.7 Å². The van der Waals surface area contributed by atoms with Gasteiger partial charge in [-0.3, -0.25) is 15.1 Å². The molecule has 0 amide bonds. The normalized spacial score (nSPS) is 10.5. The number of aromatic nitrogens is 3. The Morgan fingerprint density at radius 1 is 1.32 bits per heavy atom. The van der Waals surface area contributed by atoms with Gasteiger partial charge in [0.05, 0.1) is 18.6 Å². The predicted octanol–water partition coefficient (Wildman–Crippen LogP) is 2.84. The number of methoxy groups -OCH3 is 1. The number of nitro groups is 1. The van der Waals surface area contributed by atoms with Gasteiger partial charge in [0, 0.05) is 36.5 Å². The number of hydrogen-bond acceptors (Lipinski definition) is 9. The third-order valence-corrected chi connectivity index (χ3v) is 3.77. The van der Waals surface area contributed by atoms with Gasteiger partial charge in [-0.1, -0.05) is 5.16 Å². The van der Waals surface area contributed by atoms with E-state index in [0.29, 0.717) is 24.6 Å². The molecule has 3 rings (SSSR count). The van der Waals surface area contributed by atoms with Crippen LogP contribution >= 0.6 is 0 Å². The number of benzene rings is 1. The lowest BCUT2D eigenvalue weighted by Crippen LogP contribution is -2.09. The molecule has 0 N–H and O–H groups in total. The van der Waals surface area contributed by atoms with Gasteiger partial charge in [0.15, 0.2) is 0 Å². The summed E-state index contributed by atoms with van der Waals surface area (Å²) in [5.41, 5.74) is 0.511. The van der Waals surface area contributed by atoms with E-state index in [-0.39, 0.29) is 23.6 Å². The summed E-state index contributed by atoms with van der Waals surface area (Å²) in [7, 11) is 1.37. The number of carbonyl (C=O) groups is 1. The quantitative estimate of drug-likeness (QED) is 0.249. The number of esters is 1. The molecule has 0 saturated carbocycles. The molecule has 0 saturated heterocycles. The summed E-state index contributed by atoms with van der Waals surface area (Å²) in [5, 5.41) is 14.8. The maximum atomic E-state index is 12.2. The smallest absolute Gasteiger partial charge is 0.342 e. The first-order chi connectivity index (χ1) is 13.6. The fourth-order valence-corrected chi connectivity index (χ4v) is 2.40. The number of nitrogens with zero attached hydrogens (tertiary/aromatic N) is 4. The largest absolute Gasteiger partial charge is 0.496 e. The van der Waals surface area contributed by atoms with Gasteiger partial charge in [-0.15, -0.1) is 0 Å². The summed E-state index contributed by atoms with van der Waals surface area (Å²) >= 11 is 0. The minimum Gasteiger partial charge on any atom is -0.496 e. The average Bonchev–Trinajstić information content (AvgIpc) is 3.20. The molecule has 10 nitrogen and oxygen atoms in total. The lowest BCUT2D eigenvalue weighted by Gasteiger charge is -2.08. The first-order valence-electron chi connectivity index (χ1n) is 8.31. The molecule has 0 radical (unpaired) electrons. The third-order valence-electron chi connectivity index (χ3n) is 3.77. The number of carbonyl (C=O) groups excluding carboxylic acids is 1. The molecule has 0 atom stereocenters. The van der Waals surface area contributed by atoms with Gasteiger partial charge in [0.25, 0.3) is 5.69 Å². The van der Waals surface area contributed by atoms with Crippen molar-refractivity contribution in [2.24, 2.45) is 0 Å². The van der Waals surface area contributed by atoms with E-state index in [9.17, 15) is 14.9 Å². The van der Waals surface area contributed by atoms with Crippen molar-refractivity contribution in [2.75, 3.05) is 13.7 Å². The van der Waals surface area contributed by atoms with Crippen LogP contribution in [0.5, 0.6) is 5.75 Å². The second-order valence-corrected chi connectivity index (χ2v) is 5.63. The number of ether oxygens (including phenoxy) is 2. The average molecular weight is 384 g/mol. The van der Waals surface area contributed by atoms with Gasteiger partial charge < -0.3 is 14.0 Å². The lowest BCUT2D eigenvalue weighted by molar-refractivity contribution is -0.384. The molecule has 0 aliphatic rings. The molecule has 10 heteroatoms. The van der Waals surface area contributed by atoms with Crippen molar-refractivity contribution in [3.8, 4) is 17.1 Å². The molecule has 144 valence electrons. The number of aryl methyl sites for hydroxylation is 1. The molecule has 0 unspecified atom stereocenters. The number of non-ortho nitro benzene ring substituents is 1. The standard InChI is InChI=1S/C18H16N4O6/c1-26-15-7-6-13(22(24)25)10-14(15)18(23)27-9-3-5-16-20-17(21-28-16)12-4-2-8-19-11-12/h2,4,6-8,10-11H,3,5,9H2,1H3. The Morgan fingerprint density at radius 3 is 2.89 bits per heavy atom. The second-order valence-electron chi connectivity index (χ2n) is 5.63. The van der Waals surface area contributed by atoms with Crippen LogP contribution in [0.3, 0.4) is 0 Å². The monoisotopic (exact) mass is 384 g/mol. The van der Waals surface area contributed by atoms with Crippen molar-refractivity contribution >= 4 is 11.7 Å².